The quantitative estimate of drug-likeness (QED) is 0.329. The first kappa shape index (κ1) is 15.9. The molecule has 0 heterocycles. The number of carbonyl (C=O) groups is 1. The van der Waals surface area contributed by atoms with E-state index in [9.17, 15) is 13.6 Å². The minimum absolute atomic E-state index is 0. The van der Waals surface area contributed by atoms with Crippen LogP contribution >= 0.6 is 12.4 Å². The molecule has 18 heavy (non-hydrogen) atoms. The maximum absolute atomic E-state index is 13.3. The summed E-state index contributed by atoms with van der Waals surface area (Å²) >= 11 is 0. The van der Waals surface area contributed by atoms with Gasteiger partial charge in [-0.25, -0.2) is 13.6 Å². The lowest BCUT2D eigenvalue weighted by molar-refractivity contribution is -0.140. The van der Waals surface area contributed by atoms with Crippen molar-refractivity contribution in [3.05, 3.63) is 42.0 Å². The van der Waals surface area contributed by atoms with Crippen LogP contribution in [0.15, 0.2) is 24.8 Å². The third kappa shape index (κ3) is 4.02. The number of nitrogens with two attached hydrogens (primary N) is 1. The lowest BCUT2D eigenvalue weighted by atomic mass is 10.1. The zero-order valence-electron chi connectivity index (χ0n) is 9.00. The normalized spacial score (nSPS) is 9.00. The van der Waals surface area contributed by atoms with E-state index >= 15 is 0 Å². The summed E-state index contributed by atoms with van der Waals surface area (Å²) in [4.78, 5) is 15.6. The molecule has 0 spiro atoms. The maximum Gasteiger partial charge on any atom is 0.363 e. The summed E-state index contributed by atoms with van der Waals surface area (Å²) in [5.74, 6) is -3.19. The highest BCUT2D eigenvalue weighted by Gasteiger charge is 2.16. The highest BCUT2D eigenvalue weighted by molar-refractivity contribution is 6.15. The van der Waals surface area contributed by atoms with Crippen LogP contribution in [0, 0.1) is 17.0 Å². The van der Waals surface area contributed by atoms with Crippen molar-refractivity contribution in [1.82, 2.24) is 5.48 Å². The van der Waals surface area contributed by atoms with Crippen LogP contribution in [0.25, 0.3) is 5.57 Å². The number of halogens is 3. The van der Waals surface area contributed by atoms with Gasteiger partial charge in [-0.3, -0.25) is 5.41 Å². The van der Waals surface area contributed by atoms with Crippen molar-refractivity contribution in [2.45, 2.75) is 0 Å². The summed E-state index contributed by atoms with van der Waals surface area (Å²) in [7, 11) is 0. The smallest absolute Gasteiger partial charge is 0.363 e. The van der Waals surface area contributed by atoms with E-state index < -0.39 is 29.1 Å². The Bertz CT molecular complexity index is 494. The fourth-order valence-electron chi connectivity index (χ4n) is 1.00. The molecule has 0 radical (unpaired) electrons. The first-order valence-electron chi connectivity index (χ1n) is 4.37. The van der Waals surface area contributed by atoms with Crippen LogP contribution in [0.4, 0.5) is 8.78 Å². The summed E-state index contributed by atoms with van der Waals surface area (Å²) in [6, 6.07) is 2.58. The van der Waals surface area contributed by atoms with Crippen LogP contribution in [0.2, 0.25) is 0 Å². The van der Waals surface area contributed by atoms with Crippen molar-refractivity contribution in [2.24, 2.45) is 5.73 Å². The topological polar surface area (TPSA) is 88.2 Å². The predicted molar refractivity (Wildman–Crippen MR) is 63.8 cm³/mol. The van der Waals surface area contributed by atoms with Crippen molar-refractivity contribution < 1.29 is 18.4 Å². The monoisotopic (exact) mass is 277 g/mol. The molecule has 0 saturated carbocycles. The summed E-state index contributed by atoms with van der Waals surface area (Å²) < 4.78 is 26.1. The molecule has 0 aromatic heterocycles. The molecule has 0 bridgehead atoms. The highest BCUT2D eigenvalue weighted by Crippen LogP contribution is 2.18. The average molecular weight is 278 g/mol. The van der Waals surface area contributed by atoms with E-state index in [0.29, 0.717) is 0 Å². The van der Waals surface area contributed by atoms with Crippen molar-refractivity contribution in [3.8, 4) is 0 Å². The first-order chi connectivity index (χ1) is 7.91. The molecule has 0 aliphatic carbocycles. The molecule has 1 rings (SSSR count). The SMILES string of the molecule is C=C(C(=O)ONC(=N)N)c1cc(F)ccc1F.Cl. The number of hydrogen-bond donors (Lipinski definition) is 3. The van der Waals surface area contributed by atoms with Crippen molar-refractivity contribution in [1.29, 1.82) is 5.41 Å². The third-order valence-corrected chi connectivity index (χ3v) is 1.75. The van der Waals surface area contributed by atoms with Crippen LogP contribution in [0.5, 0.6) is 0 Å². The molecule has 0 aliphatic rings. The van der Waals surface area contributed by atoms with E-state index in [1.54, 1.807) is 5.48 Å². The van der Waals surface area contributed by atoms with Crippen LogP contribution < -0.4 is 11.2 Å². The fraction of sp³-hybridized carbons (Fsp3) is 0. The second-order valence-corrected chi connectivity index (χ2v) is 3.01. The number of benzene rings is 1. The van der Waals surface area contributed by atoms with Crippen LogP contribution in [0.1, 0.15) is 5.56 Å². The average Bonchev–Trinajstić information content (AvgIpc) is 2.28. The molecule has 8 heteroatoms. The summed E-state index contributed by atoms with van der Waals surface area (Å²) in [6.45, 7) is 3.27. The first-order valence-corrected chi connectivity index (χ1v) is 4.37. The molecule has 0 aliphatic heterocycles. The molecule has 0 fully saturated rings. The van der Waals surface area contributed by atoms with E-state index in [-0.39, 0.29) is 18.0 Å². The van der Waals surface area contributed by atoms with Crippen LogP contribution in [-0.2, 0) is 9.63 Å². The van der Waals surface area contributed by atoms with E-state index in [4.69, 9.17) is 11.1 Å². The Morgan fingerprint density at radius 3 is 2.61 bits per heavy atom. The minimum atomic E-state index is -1.07. The number of hydroxylamine groups is 1. The van der Waals surface area contributed by atoms with Crippen molar-refractivity contribution in [3.63, 3.8) is 0 Å². The minimum Gasteiger partial charge on any atom is -0.368 e. The summed E-state index contributed by atoms with van der Waals surface area (Å²) in [5, 5.41) is 6.74. The largest absolute Gasteiger partial charge is 0.368 e. The molecule has 98 valence electrons. The van der Waals surface area contributed by atoms with Crippen LogP contribution in [0.3, 0.4) is 0 Å². The van der Waals surface area contributed by atoms with E-state index in [2.05, 4.69) is 11.4 Å². The number of carbonyl (C=O) groups excluding carboxylic acids is 1. The molecule has 0 atom stereocenters. The Morgan fingerprint density at radius 2 is 2.06 bits per heavy atom. The Kier molecular flexibility index (Phi) is 5.77. The molecule has 1 aromatic rings. The molecule has 4 N–H and O–H groups in total. The second-order valence-electron chi connectivity index (χ2n) is 3.01. The molecule has 1 aromatic carbocycles. The standard InChI is InChI=1S/C10H9F2N3O2.ClH/c1-5(9(16)17-15-10(13)14)7-4-6(11)2-3-8(7)12;/h2-4H,1H2,(H4,13,14,15);1H. The second kappa shape index (κ2) is 6.55. The van der Waals surface area contributed by atoms with Gasteiger partial charge in [0.2, 0.25) is 5.96 Å². The van der Waals surface area contributed by atoms with Gasteiger partial charge in [0.15, 0.2) is 0 Å². The molecule has 0 saturated heterocycles. The maximum atomic E-state index is 13.3. The number of rotatable bonds is 2. The van der Waals surface area contributed by atoms with E-state index in [1.807, 2.05) is 0 Å². The molecule has 0 amide bonds. The lowest BCUT2D eigenvalue weighted by Crippen LogP contribution is -2.32. The van der Waals surface area contributed by atoms with Gasteiger partial charge in [-0.2, -0.15) is 5.48 Å². The summed E-state index contributed by atoms with van der Waals surface area (Å²) in [6.07, 6.45) is 0. The number of hydrogen-bond acceptors (Lipinski definition) is 3. The lowest BCUT2D eigenvalue weighted by Gasteiger charge is -2.07. The van der Waals surface area contributed by atoms with Gasteiger partial charge in [-0.15, -0.1) is 12.4 Å². The van der Waals surface area contributed by atoms with Crippen molar-refractivity contribution >= 4 is 29.9 Å². The number of nitrogens with one attached hydrogen (secondary N) is 2. The summed E-state index contributed by atoms with van der Waals surface area (Å²) in [5.41, 5.74) is 5.92. The molecular weight excluding hydrogens is 268 g/mol. The van der Waals surface area contributed by atoms with E-state index in [1.165, 1.54) is 0 Å². The van der Waals surface area contributed by atoms with Crippen molar-refractivity contribution in [2.75, 3.05) is 0 Å². The van der Waals surface area contributed by atoms with Gasteiger partial charge in [-0.05, 0) is 18.2 Å². The van der Waals surface area contributed by atoms with E-state index in [0.717, 1.165) is 18.2 Å². The highest BCUT2D eigenvalue weighted by atomic mass is 35.5. The Labute approximate surface area is 107 Å². The molecule has 5 nitrogen and oxygen atoms in total. The zero-order chi connectivity index (χ0) is 13.0. The number of guanidine groups is 1. The van der Waals surface area contributed by atoms with Gasteiger partial charge < -0.3 is 10.6 Å². The third-order valence-electron chi connectivity index (χ3n) is 1.75. The predicted octanol–water partition coefficient (Wildman–Crippen LogP) is 1.34. The zero-order valence-corrected chi connectivity index (χ0v) is 9.81. The molecule has 0 unspecified atom stereocenters. The van der Waals surface area contributed by atoms with Gasteiger partial charge in [0, 0.05) is 5.56 Å². The van der Waals surface area contributed by atoms with Gasteiger partial charge >= 0.3 is 5.97 Å². The fourth-order valence-corrected chi connectivity index (χ4v) is 1.00. The Balaban J connectivity index is 0.00000289. The van der Waals surface area contributed by atoms with Gasteiger partial charge in [0.1, 0.15) is 11.6 Å². The van der Waals surface area contributed by atoms with Gasteiger partial charge in [0.05, 0.1) is 5.57 Å². The molecular formula is C10H10ClF2N3O2. The van der Waals surface area contributed by atoms with Gasteiger partial charge in [-0.1, -0.05) is 6.58 Å². The Morgan fingerprint density at radius 1 is 1.44 bits per heavy atom. The van der Waals surface area contributed by atoms with Gasteiger partial charge in [0.25, 0.3) is 0 Å². The van der Waals surface area contributed by atoms with Crippen LogP contribution in [-0.4, -0.2) is 11.9 Å². The Hall–Kier alpha value is -2.15.